The largest absolute Gasteiger partial charge is 0.395 e. The standard InChI is InChI=1S/C17H20BrFN4O4/c1-21-15(20)14(16(26)22(2)17(21)27)13(25)9-23(5-6-24)8-10-7-11(18)3-4-12(10)19/h3-4,7,24H,5-6,8-9,20H2,1-2H3. The van der Waals surface area contributed by atoms with Crippen LogP contribution in [0.3, 0.4) is 0 Å². The first kappa shape index (κ1) is 21.0. The van der Waals surface area contributed by atoms with Crippen LogP contribution in [0.4, 0.5) is 10.2 Å². The normalized spacial score (nSPS) is 11.2. The van der Waals surface area contributed by atoms with E-state index in [0.29, 0.717) is 10.0 Å². The van der Waals surface area contributed by atoms with Crippen molar-refractivity contribution in [3.05, 3.63) is 60.5 Å². The number of rotatable bonds is 7. The van der Waals surface area contributed by atoms with Gasteiger partial charge in [0.1, 0.15) is 17.2 Å². The number of Topliss-reactive ketones (excluding diaryl/α,β-unsaturated/α-hetero) is 1. The number of carbonyl (C=O) groups excluding carboxylic acids is 1. The molecule has 10 heteroatoms. The summed E-state index contributed by atoms with van der Waals surface area (Å²) in [6, 6.07) is 4.41. The molecular formula is C17H20BrFN4O4. The van der Waals surface area contributed by atoms with Crippen molar-refractivity contribution in [1.82, 2.24) is 14.0 Å². The van der Waals surface area contributed by atoms with Crippen LogP contribution in [0.5, 0.6) is 0 Å². The molecule has 3 N–H and O–H groups in total. The van der Waals surface area contributed by atoms with Gasteiger partial charge in [-0.15, -0.1) is 0 Å². The molecule has 8 nitrogen and oxygen atoms in total. The molecule has 1 heterocycles. The average Bonchev–Trinajstić information content (AvgIpc) is 2.61. The number of ketones is 1. The molecule has 0 bridgehead atoms. The molecule has 0 aliphatic carbocycles. The van der Waals surface area contributed by atoms with Crippen LogP contribution in [0.25, 0.3) is 0 Å². The smallest absolute Gasteiger partial charge is 0.332 e. The van der Waals surface area contributed by atoms with Crippen LogP contribution in [0.1, 0.15) is 15.9 Å². The van der Waals surface area contributed by atoms with Crippen LogP contribution in [0.2, 0.25) is 0 Å². The van der Waals surface area contributed by atoms with Crippen molar-refractivity contribution in [2.24, 2.45) is 14.1 Å². The Morgan fingerprint density at radius 3 is 2.59 bits per heavy atom. The van der Waals surface area contributed by atoms with Gasteiger partial charge in [-0.05, 0) is 18.2 Å². The summed E-state index contributed by atoms with van der Waals surface area (Å²) in [5.74, 6) is -1.30. The number of nitrogens with two attached hydrogens (primary N) is 1. The van der Waals surface area contributed by atoms with Crippen LogP contribution >= 0.6 is 15.9 Å². The highest BCUT2D eigenvalue weighted by Crippen LogP contribution is 2.17. The molecule has 0 radical (unpaired) electrons. The van der Waals surface area contributed by atoms with E-state index in [4.69, 9.17) is 5.73 Å². The van der Waals surface area contributed by atoms with Crippen molar-refractivity contribution in [3.8, 4) is 0 Å². The van der Waals surface area contributed by atoms with E-state index in [2.05, 4.69) is 15.9 Å². The van der Waals surface area contributed by atoms with Crippen molar-refractivity contribution < 1.29 is 14.3 Å². The summed E-state index contributed by atoms with van der Waals surface area (Å²) in [7, 11) is 2.61. The van der Waals surface area contributed by atoms with Gasteiger partial charge < -0.3 is 10.8 Å². The third-order valence-corrected chi connectivity index (χ3v) is 4.67. The molecule has 0 amide bonds. The lowest BCUT2D eigenvalue weighted by atomic mass is 10.1. The van der Waals surface area contributed by atoms with Gasteiger partial charge in [0.25, 0.3) is 5.56 Å². The van der Waals surface area contributed by atoms with Gasteiger partial charge in [-0.1, -0.05) is 15.9 Å². The van der Waals surface area contributed by atoms with E-state index in [9.17, 15) is 23.9 Å². The molecule has 0 spiro atoms. The Hall–Kier alpha value is -2.30. The number of nitrogen functional groups attached to an aromatic ring is 1. The van der Waals surface area contributed by atoms with Gasteiger partial charge in [-0.3, -0.25) is 23.6 Å². The molecule has 0 saturated heterocycles. The quantitative estimate of drug-likeness (QED) is 0.594. The second-order valence-electron chi connectivity index (χ2n) is 6.06. The van der Waals surface area contributed by atoms with E-state index in [0.717, 1.165) is 9.13 Å². The minimum atomic E-state index is -0.793. The number of halogens is 2. The molecule has 2 aromatic rings. The van der Waals surface area contributed by atoms with Crippen LogP contribution < -0.4 is 17.0 Å². The molecule has 0 unspecified atom stereocenters. The van der Waals surface area contributed by atoms with Crippen LogP contribution in [0, 0.1) is 5.82 Å². The summed E-state index contributed by atoms with van der Waals surface area (Å²) < 4.78 is 16.5. The summed E-state index contributed by atoms with van der Waals surface area (Å²) in [6.07, 6.45) is 0. The average molecular weight is 443 g/mol. The summed E-state index contributed by atoms with van der Waals surface area (Å²) in [6.45, 7) is -0.402. The number of hydrogen-bond acceptors (Lipinski definition) is 6. The Kier molecular flexibility index (Phi) is 6.68. The lowest BCUT2D eigenvalue weighted by Gasteiger charge is -2.21. The van der Waals surface area contributed by atoms with Crippen molar-refractivity contribution in [3.63, 3.8) is 0 Å². The maximum absolute atomic E-state index is 14.0. The first-order valence-electron chi connectivity index (χ1n) is 8.03. The van der Waals surface area contributed by atoms with Crippen molar-refractivity contribution in [1.29, 1.82) is 0 Å². The second kappa shape index (κ2) is 8.59. The second-order valence-corrected chi connectivity index (χ2v) is 6.97. The van der Waals surface area contributed by atoms with E-state index in [1.54, 1.807) is 12.1 Å². The first-order chi connectivity index (χ1) is 12.7. The number of nitrogens with zero attached hydrogens (tertiary/aromatic N) is 3. The van der Waals surface area contributed by atoms with Gasteiger partial charge in [-0.25, -0.2) is 9.18 Å². The Morgan fingerprint density at radius 2 is 1.96 bits per heavy atom. The molecule has 1 aromatic heterocycles. The third kappa shape index (κ3) is 4.52. The van der Waals surface area contributed by atoms with Gasteiger partial charge in [0.2, 0.25) is 0 Å². The minimum Gasteiger partial charge on any atom is -0.395 e. The molecule has 1 aromatic carbocycles. The number of aliphatic hydroxyl groups excluding tert-OH is 1. The zero-order valence-corrected chi connectivity index (χ0v) is 16.5. The van der Waals surface area contributed by atoms with Crippen LogP contribution in [0.15, 0.2) is 32.3 Å². The molecule has 0 atom stereocenters. The SMILES string of the molecule is Cn1c(N)c(C(=O)CN(CCO)Cc2cc(Br)ccc2F)c(=O)n(C)c1=O. The number of aromatic nitrogens is 2. The highest BCUT2D eigenvalue weighted by molar-refractivity contribution is 9.10. The lowest BCUT2D eigenvalue weighted by Crippen LogP contribution is -2.43. The minimum absolute atomic E-state index is 0.0452. The van der Waals surface area contributed by atoms with Gasteiger partial charge in [0.05, 0.1) is 13.2 Å². The van der Waals surface area contributed by atoms with Gasteiger partial charge in [-0.2, -0.15) is 0 Å². The molecule has 2 rings (SSSR count). The van der Waals surface area contributed by atoms with E-state index >= 15 is 0 Å². The maximum Gasteiger partial charge on any atom is 0.332 e. The van der Waals surface area contributed by atoms with Crippen LogP contribution in [-0.2, 0) is 20.6 Å². The Morgan fingerprint density at radius 1 is 1.30 bits per heavy atom. The topological polar surface area (TPSA) is 111 Å². The third-order valence-electron chi connectivity index (χ3n) is 4.17. The van der Waals surface area contributed by atoms with Gasteiger partial charge >= 0.3 is 5.69 Å². The summed E-state index contributed by atoms with van der Waals surface area (Å²) in [4.78, 5) is 38.4. The fraction of sp³-hybridized carbons (Fsp3) is 0.353. The highest BCUT2D eigenvalue weighted by atomic mass is 79.9. The molecule has 0 aliphatic heterocycles. The Labute approximate surface area is 162 Å². The van der Waals surface area contributed by atoms with E-state index < -0.39 is 22.8 Å². The first-order valence-corrected chi connectivity index (χ1v) is 8.82. The number of aliphatic hydroxyl groups is 1. The molecule has 0 fully saturated rings. The fourth-order valence-corrected chi connectivity index (χ4v) is 3.07. The zero-order chi connectivity index (χ0) is 20.3. The monoisotopic (exact) mass is 442 g/mol. The van der Waals surface area contributed by atoms with Gasteiger partial charge in [0, 0.05) is 37.2 Å². The van der Waals surface area contributed by atoms with E-state index in [1.165, 1.54) is 25.1 Å². The molecular weight excluding hydrogens is 423 g/mol. The number of hydrogen-bond donors (Lipinski definition) is 2. The predicted molar refractivity (Wildman–Crippen MR) is 102 cm³/mol. The summed E-state index contributed by atoms with van der Waals surface area (Å²) in [5, 5.41) is 9.26. The van der Waals surface area contributed by atoms with Crippen molar-refractivity contribution in [2.45, 2.75) is 6.54 Å². The predicted octanol–water partition coefficient (Wildman–Crippen LogP) is 0.245. The maximum atomic E-state index is 14.0. The number of benzene rings is 1. The zero-order valence-electron chi connectivity index (χ0n) is 14.9. The summed E-state index contributed by atoms with van der Waals surface area (Å²) in [5.41, 5.74) is 4.38. The van der Waals surface area contributed by atoms with Crippen molar-refractivity contribution in [2.75, 3.05) is 25.4 Å². The molecule has 27 heavy (non-hydrogen) atoms. The highest BCUT2D eigenvalue weighted by Gasteiger charge is 2.22. The Balaban J connectivity index is 2.35. The van der Waals surface area contributed by atoms with Gasteiger partial charge in [0.15, 0.2) is 5.78 Å². The number of carbonyl (C=O) groups is 1. The van der Waals surface area contributed by atoms with E-state index in [1.807, 2.05) is 0 Å². The lowest BCUT2D eigenvalue weighted by molar-refractivity contribution is 0.0905. The fourth-order valence-electron chi connectivity index (χ4n) is 2.66. The molecule has 0 saturated carbocycles. The molecule has 146 valence electrons. The number of anilines is 1. The Bertz CT molecular complexity index is 986. The van der Waals surface area contributed by atoms with Crippen LogP contribution in [-0.4, -0.2) is 44.6 Å². The van der Waals surface area contributed by atoms with Crippen molar-refractivity contribution >= 4 is 27.5 Å². The summed E-state index contributed by atoms with van der Waals surface area (Å²) >= 11 is 3.26. The van der Waals surface area contributed by atoms with E-state index in [-0.39, 0.29) is 37.6 Å². The molecule has 0 aliphatic rings.